The van der Waals surface area contributed by atoms with Gasteiger partial charge >= 0.3 is 5.97 Å². The highest BCUT2D eigenvalue weighted by molar-refractivity contribution is 7.89. The summed E-state index contributed by atoms with van der Waals surface area (Å²) in [5, 5.41) is 0.0512. The Hall–Kier alpha value is -2.75. The Labute approximate surface area is 196 Å². The first-order chi connectivity index (χ1) is 15.8. The van der Waals surface area contributed by atoms with Crippen LogP contribution in [-0.4, -0.2) is 41.2 Å². The molecule has 1 fully saturated rings. The number of hydrogen-bond donors (Lipinski definition) is 0. The lowest BCUT2D eigenvalue weighted by atomic mass is 10.2. The highest BCUT2D eigenvalue weighted by Crippen LogP contribution is 2.28. The Balaban J connectivity index is 1.54. The maximum absolute atomic E-state index is 13.1. The fourth-order valence-electron chi connectivity index (χ4n) is 3.80. The lowest BCUT2D eigenvalue weighted by Gasteiger charge is -2.21. The minimum Gasteiger partial charge on any atom is -0.456 e. The number of rotatable bonds is 5. The van der Waals surface area contributed by atoms with E-state index < -0.39 is 16.0 Å². The number of benzene rings is 1. The quantitative estimate of drug-likeness (QED) is 0.508. The van der Waals surface area contributed by atoms with Crippen molar-refractivity contribution < 1.29 is 17.9 Å². The van der Waals surface area contributed by atoms with Crippen molar-refractivity contribution in [2.75, 3.05) is 13.1 Å². The lowest BCUT2D eigenvalue weighted by molar-refractivity contribution is 0.0467. The molecule has 0 saturated carbocycles. The molecule has 0 N–H and O–H groups in total. The molecule has 2 aromatic heterocycles. The molecule has 0 radical (unpaired) electrons. The summed E-state index contributed by atoms with van der Waals surface area (Å²) < 4.78 is 34.4. The van der Waals surface area contributed by atoms with Crippen LogP contribution >= 0.6 is 11.6 Å². The zero-order valence-electron chi connectivity index (χ0n) is 18.2. The maximum atomic E-state index is 13.1. The van der Waals surface area contributed by atoms with E-state index in [2.05, 4.69) is 4.98 Å². The van der Waals surface area contributed by atoms with Crippen LogP contribution in [0.1, 0.15) is 47.3 Å². The second-order valence-electron chi connectivity index (χ2n) is 8.06. The van der Waals surface area contributed by atoms with Crippen LogP contribution in [-0.2, 0) is 21.4 Å². The van der Waals surface area contributed by atoms with Gasteiger partial charge in [0.25, 0.3) is 5.56 Å². The Morgan fingerprint density at radius 3 is 2.55 bits per heavy atom. The summed E-state index contributed by atoms with van der Waals surface area (Å²) >= 11 is 6.20. The molecular weight excluding hydrogens is 466 g/mol. The Morgan fingerprint density at radius 2 is 1.82 bits per heavy atom. The summed E-state index contributed by atoms with van der Waals surface area (Å²) in [6, 6.07) is 8.88. The van der Waals surface area contributed by atoms with Gasteiger partial charge in [-0.1, -0.05) is 30.5 Å². The summed E-state index contributed by atoms with van der Waals surface area (Å²) in [5.74, 6) is -0.732. The smallest absolute Gasteiger partial charge is 0.338 e. The summed E-state index contributed by atoms with van der Waals surface area (Å²) in [4.78, 5) is 29.2. The van der Waals surface area contributed by atoms with Crippen LogP contribution in [0.25, 0.3) is 5.65 Å². The molecule has 0 unspecified atom stereocenters. The first kappa shape index (κ1) is 23.4. The summed E-state index contributed by atoms with van der Waals surface area (Å²) in [5.41, 5.74) is 1.42. The average Bonchev–Trinajstić information content (AvgIpc) is 3.08. The van der Waals surface area contributed by atoms with Gasteiger partial charge in [0.2, 0.25) is 10.0 Å². The third-order valence-electron chi connectivity index (χ3n) is 5.56. The monoisotopic (exact) mass is 489 g/mol. The molecule has 1 saturated heterocycles. The summed E-state index contributed by atoms with van der Waals surface area (Å²) in [6.45, 7) is 2.50. The van der Waals surface area contributed by atoms with E-state index in [1.54, 1.807) is 12.3 Å². The van der Waals surface area contributed by atoms with Gasteiger partial charge in [0.05, 0.1) is 16.3 Å². The van der Waals surface area contributed by atoms with Gasteiger partial charge in [0.15, 0.2) is 0 Å². The van der Waals surface area contributed by atoms with Crippen LogP contribution in [0.3, 0.4) is 0 Å². The number of fused-ring (bicyclic) bond motifs is 1. The first-order valence-electron chi connectivity index (χ1n) is 10.7. The SMILES string of the molecule is Cc1ccc2nc(COC(=O)c3ccc(Cl)c(S(=O)(=O)N4CCCCCC4)c3)cc(=O)n2c1. The van der Waals surface area contributed by atoms with Crippen molar-refractivity contribution in [1.29, 1.82) is 0 Å². The molecule has 10 heteroatoms. The summed E-state index contributed by atoms with van der Waals surface area (Å²) in [6.07, 6.45) is 5.23. The van der Waals surface area contributed by atoms with Crippen LogP contribution in [0, 0.1) is 6.92 Å². The van der Waals surface area contributed by atoms with E-state index in [4.69, 9.17) is 16.3 Å². The van der Waals surface area contributed by atoms with Crippen molar-refractivity contribution in [3.8, 4) is 0 Å². The number of esters is 1. The lowest BCUT2D eigenvalue weighted by Crippen LogP contribution is -2.32. The number of hydrogen-bond acceptors (Lipinski definition) is 6. The second-order valence-corrected chi connectivity index (χ2v) is 10.4. The Bertz CT molecular complexity index is 1360. The third kappa shape index (κ3) is 5.10. The number of carbonyl (C=O) groups is 1. The largest absolute Gasteiger partial charge is 0.456 e. The number of halogens is 1. The molecule has 174 valence electrons. The number of ether oxygens (including phenoxy) is 1. The number of carbonyl (C=O) groups excluding carboxylic acids is 1. The van der Waals surface area contributed by atoms with E-state index in [1.165, 1.54) is 33.0 Å². The van der Waals surface area contributed by atoms with Crippen molar-refractivity contribution >= 4 is 33.2 Å². The van der Waals surface area contributed by atoms with Gasteiger partial charge in [-0.15, -0.1) is 0 Å². The van der Waals surface area contributed by atoms with Crippen molar-refractivity contribution in [3.05, 3.63) is 74.8 Å². The molecule has 8 nitrogen and oxygen atoms in total. The Morgan fingerprint density at radius 1 is 1.09 bits per heavy atom. The molecule has 4 rings (SSSR count). The molecule has 3 aromatic rings. The van der Waals surface area contributed by atoms with E-state index in [0.717, 1.165) is 31.2 Å². The van der Waals surface area contributed by atoms with Gasteiger partial charge in [0.1, 0.15) is 17.1 Å². The fraction of sp³-hybridized carbons (Fsp3) is 0.348. The Kier molecular flexibility index (Phi) is 6.83. The number of nitrogens with zero attached hydrogens (tertiary/aromatic N) is 3. The standard InChI is InChI=1S/C23H24ClN3O5S/c1-16-6-9-21-25-18(13-22(28)27(21)14-16)15-32-23(29)17-7-8-19(24)20(12-17)33(30,31)26-10-4-2-3-5-11-26/h6-9,12-14H,2-5,10-11,15H2,1H3. The van der Waals surface area contributed by atoms with Gasteiger partial charge in [-0.2, -0.15) is 4.31 Å². The molecule has 1 aliphatic heterocycles. The summed E-state index contributed by atoms with van der Waals surface area (Å²) in [7, 11) is -3.84. The minimum absolute atomic E-state index is 0.0512. The number of aryl methyl sites for hydroxylation is 1. The maximum Gasteiger partial charge on any atom is 0.338 e. The zero-order chi connectivity index (χ0) is 23.6. The molecule has 0 bridgehead atoms. The topological polar surface area (TPSA) is 98.0 Å². The number of sulfonamides is 1. The predicted octanol–water partition coefficient (Wildman–Crippen LogP) is 3.58. The minimum atomic E-state index is -3.84. The highest BCUT2D eigenvalue weighted by atomic mass is 35.5. The van der Waals surface area contributed by atoms with Crippen molar-refractivity contribution in [3.63, 3.8) is 0 Å². The molecule has 0 atom stereocenters. The van der Waals surface area contributed by atoms with E-state index in [-0.39, 0.29) is 27.6 Å². The molecule has 33 heavy (non-hydrogen) atoms. The van der Waals surface area contributed by atoms with Crippen LogP contribution < -0.4 is 5.56 Å². The molecular formula is C23H24ClN3O5S. The van der Waals surface area contributed by atoms with Crippen LogP contribution in [0.2, 0.25) is 5.02 Å². The van der Waals surface area contributed by atoms with Crippen molar-refractivity contribution in [1.82, 2.24) is 13.7 Å². The molecule has 0 aliphatic carbocycles. The zero-order valence-corrected chi connectivity index (χ0v) is 19.7. The van der Waals surface area contributed by atoms with Crippen molar-refractivity contribution in [2.45, 2.75) is 44.1 Å². The van der Waals surface area contributed by atoms with Crippen molar-refractivity contribution in [2.24, 2.45) is 0 Å². The fourth-order valence-corrected chi connectivity index (χ4v) is 5.82. The van der Waals surface area contributed by atoms with Gasteiger partial charge in [-0.25, -0.2) is 18.2 Å². The van der Waals surface area contributed by atoms with Crippen LogP contribution in [0.4, 0.5) is 0 Å². The van der Waals surface area contributed by atoms with Crippen LogP contribution in [0.15, 0.2) is 52.3 Å². The van der Waals surface area contributed by atoms with E-state index in [0.29, 0.717) is 24.4 Å². The van der Waals surface area contributed by atoms with Gasteiger partial charge < -0.3 is 4.74 Å². The molecule has 1 aromatic carbocycles. The first-order valence-corrected chi connectivity index (χ1v) is 12.5. The molecule has 0 spiro atoms. The highest BCUT2D eigenvalue weighted by Gasteiger charge is 2.28. The average molecular weight is 490 g/mol. The third-order valence-corrected chi connectivity index (χ3v) is 7.94. The normalized spacial score (nSPS) is 15.3. The van der Waals surface area contributed by atoms with E-state index in [1.807, 2.05) is 13.0 Å². The molecule has 0 amide bonds. The van der Waals surface area contributed by atoms with Gasteiger partial charge in [0, 0.05) is 25.4 Å². The predicted molar refractivity (Wildman–Crippen MR) is 124 cm³/mol. The van der Waals surface area contributed by atoms with Gasteiger partial charge in [-0.3, -0.25) is 9.20 Å². The number of pyridine rings is 1. The molecule has 3 heterocycles. The molecule has 1 aliphatic rings. The van der Waals surface area contributed by atoms with E-state index >= 15 is 0 Å². The van der Waals surface area contributed by atoms with Gasteiger partial charge in [-0.05, 0) is 49.6 Å². The second kappa shape index (κ2) is 9.62. The van der Waals surface area contributed by atoms with E-state index in [9.17, 15) is 18.0 Å². The van der Waals surface area contributed by atoms with Crippen LogP contribution in [0.5, 0.6) is 0 Å². The number of aromatic nitrogens is 2.